The maximum Gasteiger partial charge on any atom is 0.274 e. The number of aromatic hydroxyl groups is 1. The first kappa shape index (κ1) is 17.3. The monoisotopic (exact) mass is 368 g/mol. The SMILES string of the molecule is Cn1nc(OCC2CCOC2)c2ccc(NC(=O)c3cccc(O)n3)cc21. The number of anilines is 1. The number of aromatic nitrogens is 3. The standard InChI is InChI=1S/C19H20N4O4/c1-23-16-9-13(20-18(25)15-3-2-4-17(24)21-15)5-6-14(16)19(22-23)27-11-12-7-8-26-10-12/h2-6,9,12H,7-8,10-11H2,1H3,(H,20,25)(H,21,24). The summed E-state index contributed by atoms with van der Waals surface area (Å²) in [5.74, 6) is 0.381. The van der Waals surface area contributed by atoms with Gasteiger partial charge in [-0.3, -0.25) is 9.48 Å². The van der Waals surface area contributed by atoms with Gasteiger partial charge in [0.1, 0.15) is 5.69 Å². The minimum atomic E-state index is -0.398. The molecule has 1 amide bonds. The smallest absolute Gasteiger partial charge is 0.274 e. The van der Waals surface area contributed by atoms with Gasteiger partial charge < -0.3 is 19.9 Å². The number of pyridine rings is 1. The number of ether oxygens (including phenoxy) is 2. The third kappa shape index (κ3) is 3.70. The highest BCUT2D eigenvalue weighted by Gasteiger charge is 2.18. The predicted octanol–water partition coefficient (Wildman–Crippen LogP) is 2.34. The van der Waals surface area contributed by atoms with Gasteiger partial charge in [0.05, 0.1) is 24.1 Å². The molecule has 3 heterocycles. The molecule has 2 aromatic heterocycles. The van der Waals surface area contributed by atoms with E-state index in [0.29, 0.717) is 24.1 Å². The zero-order chi connectivity index (χ0) is 18.8. The Morgan fingerprint density at radius 1 is 1.41 bits per heavy atom. The highest BCUT2D eigenvalue weighted by atomic mass is 16.5. The van der Waals surface area contributed by atoms with Crippen LogP contribution >= 0.6 is 0 Å². The summed E-state index contributed by atoms with van der Waals surface area (Å²) in [5, 5.41) is 17.5. The molecule has 27 heavy (non-hydrogen) atoms. The van der Waals surface area contributed by atoms with Gasteiger partial charge in [-0.1, -0.05) is 6.07 Å². The topological polar surface area (TPSA) is 98.5 Å². The quantitative estimate of drug-likeness (QED) is 0.717. The molecule has 4 rings (SSSR count). The molecule has 0 aliphatic carbocycles. The summed E-state index contributed by atoms with van der Waals surface area (Å²) >= 11 is 0. The number of fused-ring (bicyclic) bond motifs is 1. The molecule has 0 radical (unpaired) electrons. The van der Waals surface area contributed by atoms with Gasteiger partial charge in [0.15, 0.2) is 0 Å². The van der Waals surface area contributed by atoms with E-state index in [1.165, 1.54) is 12.1 Å². The predicted molar refractivity (Wildman–Crippen MR) is 99.0 cm³/mol. The molecule has 1 fully saturated rings. The van der Waals surface area contributed by atoms with Crippen molar-refractivity contribution >= 4 is 22.5 Å². The lowest BCUT2D eigenvalue weighted by atomic mass is 10.1. The Bertz CT molecular complexity index is 979. The van der Waals surface area contributed by atoms with Crippen LogP contribution in [-0.2, 0) is 11.8 Å². The summed E-state index contributed by atoms with van der Waals surface area (Å²) in [7, 11) is 1.83. The molecular formula is C19H20N4O4. The number of hydrogen-bond donors (Lipinski definition) is 2. The van der Waals surface area contributed by atoms with Crippen molar-refractivity contribution in [2.45, 2.75) is 6.42 Å². The summed E-state index contributed by atoms with van der Waals surface area (Å²) < 4.78 is 13.0. The molecule has 0 bridgehead atoms. The number of benzene rings is 1. The molecule has 1 saturated heterocycles. The summed E-state index contributed by atoms with van der Waals surface area (Å²) in [6.45, 7) is 2.09. The van der Waals surface area contributed by atoms with E-state index in [-0.39, 0.29) is 11.6 Å². The lowest BCUT2D eigenvalue weighted by Crippen LogP contribution is -2.13. The summed E-state index contributed by atoms with van der Waals surface area (Å²) in [6.07, 6.45) is 1.00. The van der Waals surface area contributed by atoms with Crippen molar-refractivity contribution < 1.29 is 19.4 Å². The minimum absolute atomic E-state index is 0.142. The summed E-state index contributed by atoms with van der Waals surface area (Å²) in [5.41, 5.74) is 1.59. The molecule has 0 spiro atoms. The number of amides is 1. The van der Waals surface area contributed by atoms with Crippen molar-refractivity contribution in [2.75, 3.05) is 25.1 Å². The second-order valence-electron chi connectivity index (χ2n) is 6.54. The van der Waals surface area contributed by atoms with Crippen LogP contribution < -0.4 is 10.1 Å². The van der Waals surface area contributed by atoms with Crippen LogP contribution in [0.3, 0.4) is 0 Å². The average Bonchev–Trinajstić information content (AvgIpc) is 3.28. The first-order valence-corrected chi connectivity index (χ1v) is 8.75. The Balaban J connectivity index is 1.52. The van der Waals surface area contributed by atoms with Gasteiger partial charge in [-0.2, -0.15) is 0 Å². The average molecular weight is 368 g/mol. The Kier molecular flexibility index (Phi) is 4.64. The molecule has 1 aromatic carbocycles. The molecule has 0 saturated carbocycles. The van der Waals surface area contributed by atoms with E-state index in [4.69, 9.17) is 9.47 Å². The summed E-state index contributed by atoms with van der Waals surface area (Å²) in [6, 6.07) is 10.0. The normalized spacial score (nSPS) is 16.6. The van der Waals surface area contributed by atoms with E-state index in [0.717, 1.165) is 30.5 Å². The van der Waals surface area contributed by atoms with Gasteiger partial charge in [-0.05, 0) is 30.7 Å². The molecular weight excluding hydrogens is 348 g/mol. The molecule has 1 atom stereocenters. The fourth-order valence-electron chi connectivity index (χ4n) is 3.07. The second-order valence-corrected chi connectivity index (χ2v) is 6.54. The maximum absolute atomic E-state index is 12.3. The number of nitrogens with zero attached hydrogens (tertiary/aromatic N) is 3. The lowest BCUT2D eigenvalue weighted by molar-refractivity contribution is 0.102. The molecule has 140 valence electrons. The van der Waals surface area contributed by atoms with Crippen LogP contribution in [0.15, 0.2) is 36.4 Å². The van der Waals surface area contributed by atoms with E-state index in [9.17, 15) is 9.90 Å². The van der Waals surface area contributed by atoms with Crippen molar-refractivity contribution in [1.82, 2.24) is 14.8 Å². The fraction of sp³-hybridized carbons (Fsp3) is 0.316. The van der Waals surface area contributed by atoms with Crippen LogP contribution in [0.2, 0.25) is 0 Å². The Hall–Kier alpha value is -3.13. The van der Waals surface area contributed by atoms with Gasteiger partial charge in [-0.15, -0.1) is 5.10 Å². The largest absolute Gasteiger partial charge is 0.493 e. The first-order valence-electron chi connectivity index (χ1n) is 8.75. The van der Waals surface area contributed by atoms with Gasteiger partial charge in [0.25, 0.3) is 5.91 Å². The van der Waals surface area contributed by atoms with E-state index in [1.54, 1.807) is 16.8 Å². The number of nitrogens with one attached hydrogen (secondary N) is 1. The van der Waals surface area contributed by atoms with Gasteiger partial charge in [0, 0.05) is 31.3 Å². The highest BCUT2D eigenvalue weighted by molar-refractivity contribution is 6.04. The van der Waals surface area contributed by atoms with Crippen molar-refractivity contribution in [3.8, 4) is 11.8 Å². The van der Waals surface area contributed by atoms with Crippen LogP contribution in [0.25, 0.3) is 10.9 Å². The minimum Gasteiger partial charge on any atom is -0.493 e. The van der Waals surface area contributed by atoms with E-state index < -0.39 is 5.91 Å². The molecule has 8 heteroatoms. The number of carbonyl (C=O) groups excluding carboxylic acids is 1. The van der Waals surface area contributed by atoms with Crippen LogP contribution in [0, 0.1) is 5.92 Å². The zero-order valence-electron chi connectivity index (χ0n) is 14.9. The number of carbonyl (C=O) groups is 1. The molecule has 1 aliphatic rings. The molecule has 1 unspecified atom stereocenters. The second kappa shape index (κ2) is 7.24. The summed E-state index contributed by atoms with van der Waals surface area (Å²) in [4.78, 5) is 16.1. The van der Waals surface area contributed by atoms with Gasteiger partial charge in [-0.25, -0.2) is 4.98 Å². The Morgan fingerprint density at radius 3 is 3.07 bits per heavy atom. The van der Waals surface area contributed by atoms with E-state index in [2.05, 4.69) is 15.4 Å². The molecule has 1 aliphatic heterocycles. The van der Waals surface area contributed by atoms with Crippen LogP contribution in [0.1, 0.15) is 16.9 Å². The molecule has 3 aromatic rings. The van der Waals surface area contributed by atoms with Crippen LogP contribution in [0.4, 0.5) is 5.69 Å². The third-order valence-electron chi connectivity index (χ3n) is 4.52. The van der Waals surface area contributed by atoms with E-state index in [1.807, 2.05) is 19.2 Å². The van der Waals surface area contributed by atoms with Crippen molar-refractivity contribution in [1.29, 1.82) is 0 Å². The van der Waals surface area contributed by atoms with Gasteiger partial charge in [0.2, 0.25) is 11.8 Å². The maximum atomic E-state index is 12.3. The van der Waals surface area contributed by atoms with Crippen LogP contribution in [-0.4, -0.2) is 45.6 Å². The van der Waals surface area contributed by atoms with Crippen LogP contribution in [0.5, 0.6) is 11.8 Å². The number of hydrogen-bond acceptors (Lipinski definition) is 6. The first-order chi connectivity index (χ1) is 13.1. The molecule has 2 N–H and O–H groups in total. The number of rotatable bonds is 5. The van der Waals surface area contributed by atoms with Crippen molar-refractivity contribution in [3.63, 3.8) is 0 Å². The fourth-order valence-corrected chi connectivity index (χ4v) is 3.07. The number of aryl methyl sites for hydroxylation is 1. The van der Waals surface area contributed by atoms with Crippen molar-refractivity contribution in [3.05, 3.63) is 42.1 Å². The molecule has 8 nitrogen and oxygen atoms in total. The van der Waals surface area contributed by atoms with E-state index >= 15 is 0 Å². The zero-order valence-corrected chi connectivity index (χ0v) is 14.9. The highest BCUT2D eigenvalue weighted by Crippen LogP contribution is 2.28. The third-order valence-corrected chi connectivity index (χ3v) is 4.52. The van der Waals surface area contributed by atoms with Crippen molar-refractivity contribution in [2.24, 2.45) is 13.0 Å². The van der Waals surface area contributed by atoms with Gasteiger partial charge >= 0.3 is 0 Å². The Morgan fingerprint density at radius 2 is 2.30 bits per heavy atom. The lowest BCUT2D eigenvalue weighted by Gasteiger charge is -2.08. The Labute approximate surface area is 155 Å².